The molecule has 1 rings (SSSR count). The number of rotatable bonds is 6. The van der Waals surface area contributed by atoms with Gasteiger partial charge >= 0.3 is 0 Å². The van der Waals surface area contributed by atoms with Gasteiger partial charge in [-0.15, -0.1) is 0 Å². The Morgan fingerprint density at radius 2 is 1.79 bits per heavy atom. The van der Waals surface area contributed by atoms with Crippen LogP contribution in [0.1, 0.15) is 39.3 Å². The average molecular weight is 303 g/mol. The van der Waals surface area contributed by atoms with Crippen LogP contribution in [0, 0.1) is 5.92 Å². The third-order valence-corrected chi connectivity index (χ3v) is 4.04. The van der Waals surface area contributed by atoms with Crippen molar-refractivity contribution in [2.75, 3.05) is 13.1 Å². The molecule has 0 spiro atoms. The van der Waals surface area contributed by atoms with E-state index in [4.69, 9.17) is 28.9 Å². The third kappa shape index (κ3) is 4.35. The summed E-state index contributed by atoms with van der Waals surface area (Å²) in [5, 5.41) is 1.21. The Morgan fingerprint density at radius 1 is 1.16 bits per heavy atom. The van der Waals surface area contributed by atoms with E-state index in [0.29, 0.717) is 28.5 Å². The second-order valence-corrected chi connectivity index (χ2v) is 6.36. The lowest BCUT2D eigenvalue weighted by Crippen LogP contribution is -2.41. The molecule has 0 aliphatic rings. The zero-order valence-corrected chi connectivity index (χ0v) is 13.7. The normalized spacial score (nSPS) is 13.6. The minimum Gasteiger partial charge on any atom is -0.329 e. The molecule has 1 aromatic rings. The standard InChI is InChI=1S/C15H24Cl2N2/c1-10(2)9-19(11(3)4)14(8-18)12-6-5-7-13(16)15(12)17/h5-7,10-11,14H,8-9,18H2,1-4H3. The van der Waals surface area contributed by atoms with Crippen molar-refractivity contribution in [3.8, 4) is 0 Å². The Kier molecular flexibility index (Phi) is 6.61. The van der Waals surface area contributed by atoms with Crippen molar-refractivity contribution in [2.24, 2.45) is 11.7 Å². The molecule has 2 N–H and O–H groups in total. The summed E-state index contributed by atoms with van der Waals surface area (Å²) in [7, 11) is 0. The predicted octanol–water partition coefficient (Wildman–Crippen LogP) is 4.36. The zero-order valence-electron chi connectivity index (χ0n) is 12.2. The van der Waals surface area contributed by atoms with Crippen LogP contribution >= 0.6 is 23.2 Å². The van der Waals surface area contributed by atoms with Gasteiger partial charge in [-0.25, -0.2) is 0 Å². The lowest BCUT2D eigenvalue weighted by atomic mass is 10.0. The zero-order chi connectivity index (χ0) is 14.6. The SMILES string of the molecule is CC(C)CN(C(C)C)C(CN)c1cccc(Cl)c1Cl. The molecule has 2 nitrogen and oxygen atoms in total. The molecule has 0 radical (unpaired) electrons. The fourth-order valence-electron chi connectivity index (χ4n) is 2.34. The number of hydrogen-bond donors (Lipinski definition) is 1. The third-order valence-electron chi connectivity index (χ3n) is 3.20. The molecule has 1 unspecified atom stereocenters. The number of nitrogens with two attached hydrogens (primary N) is 1. The summed E-state index contributed by atoms with van der Waals surface area (Å²) in [6.07, 6.45) is 0. The quantitative estimate of drug-likeness (QED) is 0.846. The first-order valence-corrected chi connectivity index (χ1v) is 7.53. The fraction of sp³-hybridized carbons (Fsp3) is 0.600. The molecule has 0 amide bonds. The van der Waals surface area contributed by atoms with Crippen molar-refractivity contribution in [1.29, 1.82) is 0 Å². The van der Waals surface area contributed by atoms with Crippen LogP contribution in [0.3, 0.4) is 0 Å². The minimum atomic E-state index is 0.105. The largest absolute Gasteiger partial charge is 0.329 e. The first kappa shape index (κ1) is 16.8. The maximum absolute atomic E-state index is 6.34. The Labute approximate surface area is 126 Å². The highest BCUT2D eigenvalue weighted by Crippen LogP contribution is 2.33. The van der Waals surface area contributed by atoms with E-state index >= 15 is 0 Å². The van der Waals surface area contributed by atoms with Gasteiger partial charge in [-0.05, 0) is 31.4 Å². The molecule has 0 aliphatic carbocycles. The lowest BCUT2D eigenvalue weighted by molar-refractivity contribution is 0.138. The molecule has 1 atom stereocenters. The Hall–Kier alpha value is -0.280. The van der Waals surface area contributed by atoms with Gasteiger partial charge in [-0.1, -0.05) is 49.2 Å². The maximum Gasteiger partial charge on any atom is 0.0640 e. The van der Waals surface area contributed by atoms with E-state index in [-0.39, 0.29) is 6.04 Å². The number of benzene rings is 1. The highest BCUT2D eigenvalue weighted by Gasteiger charge is 2.24. The van der Waals surface area contributed by atoms with Crippen LogP contribution in [0.5, 0.6) is 0 Å². The van der Waals surface area contributed by atoms with Crippen LogP contribution in [-0.4, -0.2) is 24.0 Å². The molecule has 1 aromatic carbocycles. The number of halogens is 2. The highest BCUT2D eigenvalue weighted by atomic mass is 35.5. The van der Waals surface area contributed by atoms with E-state index in [2.05, 4.69) is 32.6 Å². The lowest BCUT2D eigenvalue weighted by Gasteiger charge is -2.36. The molecule has 0 aromatic heterocycles. The molecular weight excluding hydrogens is 279 g/mol. The summed E-state index contributed by atoms with van der Waals surface area (Å²) in [5.74, 6) is 0.578. The van der Waals surface area contributed by atoms with Crippen LogP contribution in [-0.2, 0) is 0 Å². The van der Waals surface area contributed by atoms with Gasteiger partial charge in [0.1, 0.15) is 0 Å². The van der Waals surface area contributed by atoms with Crippen LogP contribution in [0.4, 0.5) is 0 Å². The monoisotopic (exact) mass is 302 g/mol. The van der Waals surface area contributed by atoms with Crippen molar-refractivity contribution in [3.63, 3.8) is 0 Å². The predicted molar refractivity (Wildman–Crippen MR) is 84.9 cm³/mol. The van der Waals surface area contributed by atoms with E-state index in [1.54, 1.807) is 0 Å². The van der Waals surface area contributed by atoms with E-state index in [1.807, 2.05) is 18.2 Å². The molecule has 108 valence electrons. The first-order chi connectivity index (χ1) is 8.88. The van der Waals surface area contributed by atoms with E-state index in [0.717, 1.165) is 12.1 Å². The molecule has 0 saturated carbocycles. The van der Waals surface area contributed by atoms with Crippen molar-refractivity contribution < 1.29 is 0 Å². The van der Waals surface area contributed by atoms with Crippen molar-refractivity contribution in [1.82, 2.24) is 4.90 Å². The smallest absolute Gasteiger partial charge is 0.0640 e. The second-order valence-electron chi connectivity index (χ2n) is 5.58. The molecule has 0 fully saturated rings. The summed E-state index contributed by atoms with van der Waals surface area (Å²) < 4.78 is 0. The van der Waals surface area contributed by atoms with Gasteiger partial charge in [0, 0.05) is 25.2 Å². The van der Waals surface area contributed by atoms with E-state index in [9.17, 15) is 0 Å². The topological polar surface area (TPSA) is 29.3 Å². The van der Waals surface area contributed by atoms with Crippen LogP contribution in [0.2, 0.25) is 10.0 Å². The Bertz CT molecular complexity index is 405. The summed E-state index contributed by atoms with van der Waals surface area (Å²) in [5.41, 5.74) is 7.01. The fourth-order valence-corrected chi connectivity index (χ4v) is 2.77. The molecular formula is C15H24Cl2N2. The number of nitrogens with zero attached hydrogens (tertiary/aromatic N) is 1. The van der Waals surface area contributed by atoms with Crippen LogP contribution in [0.25, 0.3) is 0 Å². The van der Waals surface area contributed by atoms with Gasteiger partial charge < -0.3 is 5.73 Å². The van der Waals surface area contributed by atoms with Crippen molar-refractivity contribution >= 4 is 23.2 Å². The van der Waals surface area contributed by atoms with Crippen LogP contribution in [0.15, 0.2) is 18.2 Å². The van der Waals surface area contributed by atoms with E-state index in [1.165, 1.54) is 0 Å². The van der Waals surface area contributed by atoms with E-state index < -0.39 is 0 Å². The number of hydrogen-bond acceptors (Lipinski definition) is 2. The van der Waals surface area contributed by atoms with Gasteiger partial charge in [-0.3, -0.25) is 4.90 Å². The van der Waals surface area contributed by atoms with Gasteiger partial charge in [0.25, 0.3) is 0 Å². The summed E-state index contributed by atoms with van der Waals surface area (Å²) >= 11 is 12.5. The molecule has 0 aliphatic heterocycles. The molecule has 4 heteroatoms. The Morgan fingerprint density at radius 3 is 2.26 bits per heavy atom. The molecule has 0 saturated heterocycles. The van der Waals surface area contributed by atoms with Gasteiger partial charge in [0.2, 0.25) is 0 Å². The van der Waals surface area contributed by atoms with Gasteiger partial charge in [0.15, 0.2) is 0 Å². The van der Waals surface area contributed by atoms with Crippen molar-refractivity contribution in [2.45, 2.75) is 39.8 Å². The van der Waals surface area contributed by atoms with Gasteiger partial charge in [0.05, 0.1) is 10.0 Å². The first-order valence-electron chi connectivity index (χ1n) is 6.78. The second kappa shape index (κ2) is 7.49. The minimum absolute atomic E-state index is 0.105. The molecule has 0 heterocycles. The van der Waals surface area contributed by atoms with Gasteiger partial charge in [-0.2, -0.15) is 0 Å². The van der Waals surface area contributed by atoms with Crippen LogP contribution < -0.4 is 5.73 Å². The maximum atomic E-state index is 6.34. The molecule has 19 heavy (non-hydrogen) atoms. The summed E-state index contributed by atoms with van der Waals surface area (Å²) in [4.78, 5) is 2.39. The molecule has 0 bridgehead atoms. The Balaban J connectivity index is 3.12. The summed E-state index contributed by atoms with van der Waals surface area (Å²) in [6, 6.07) is 6.27. The van der Waals surface area contributed by atoms with Crippen molar-refractivity contribution in [3.05, 3.63) is 33.8 Å². The highest BCUT2D eigenvalue weighted by molar-refractivity contribution is 6.42. The average Bonchev–Trinajstić information content (AvgIpc) is 2.33. The summed E-state index contributed by atoms with van der Waals surface area (Å²) in [6.45, 7) is 10.3.